The van der Waals surface area contributed by atoms with E-state index in [4.69, 9.17) is 0 Å². The maximum absolute atomic E-state index is 3.98. The predicted octanol–water partition coefficient (Wildman–Crippen LogP) is 21.1. The minimum Gasteiger partial charge on any atom is -0.265 e. The van der Waals surface area contributed by atoms with Gasteiger partial charge in [-0.1, -0.05) is 262 Å². The van der Waals surface area contributed by atoms with E-state index in [-0.39, 0.29) is 10.8 Å². The molecule has 12 aromatic rings. The summed E-state index contributed by atoms with van der Waals surface area (Å²) in [5, 5.41) is 5.33. The standard InChI is InChI=1S/2C16H16.2C11H10.C7H8.3C6H7N/c1-11-8-9-15-13(10-11)12-6-4-5-7-14(12)16(15,2)3;1-11-8-9-13-12-6-4-5-7-14(12)16(2,3)15(13)10-11;1-9-5-4-7-10-6-2-3-8-11(9)10;1-9-6-7-10-4-2-3-5-11(10)8-9;1-7-5-3-2-4-6-7;1-6-2-4-7-5-3-6;1-6-3-2-4-7-5-6;1-6-4-2-3-5-7-6/h2*4-10H,1-3H3;2*2-8H,1H3;2-6H,1H3;3*2-5H,1H3. The van der Waals surface area contributed by atoms with E-state index in [0.29, 0.717) is 0 Å². The Morgan fingerprint density at radius 2 is 0.768 bits per heavy atom. The number of aryl methyl sites for hydroxylation is 8. The van der Waals surface area contributed by atoms with Crippen LogP contribution in [-0.2, 0) is 10.8 Å². The molecule has 9 aromatic carbocycles. The monoisotopic (exact) mass is 1070 g/mol. The number of fused-ring (bicyclic) bond motifs is 8. The first-order chi connectivity index (χ1) is 39.5. The molecule has 82 heavy (non-hydrogen) atoms. The van der Waals surface area contributed by atoms with E-state index >= 15 is 0 Å². The van der Waals surface area contributed by atoms with Crippen molar-refractivity contribution in [3.05, 3.63) is 341 Å². The topological polar surface area (TPSA) is 38.7 Å². The van der Waals surface area contributed by atoms with Gasteiger partial charge in [-0.15, -0.1) is 0 Å². The molecule has 0 atom stereocenters. The molecule has 0 radical (unpaired) electrons. The van der Waals surface area contributed by atoms with Crippen molar-refractivity contribution in [3.8, 4) is 22.3 Å². The fraction of sp³-hybridized carbons (Fsp3) is 0.177. The lowest BCUT2D eigenvalue weighted by atomic mass is 9.82. The second-order valence-corrected chi connectivity index (χ2v) is 22.3. The highest BCUT2D eigenvalue weighted by molar-refractivity contribution is 5.86. The number of pyridine rings is 3. The molecular weight excluding hydrogens is 991 g/mol. The van der Waals surface area contributed by atoms with Gasteiger partial charge in [0.1, 0.15) is 0 Å². The summed E-state index contributed by atoms with van der Waals surface area (Å²) >= 11 is 0. The van der Waals surface area contributed by atoms with Gasteiger partial charge in [0.05, 0.1) is 0 Å². The minimum atomic E-state index is 0.151. The Bertz CT molecular complexity index is 3720. The van der Waals surface area contributed by atoms with E-state index in [1.54, 1.807) is 24.8 Å². The van der Waals surface area contributed by atoms with Crippen LogP contribution in [0, 0.1) is 55.4 Å². The molecule has 0 aliphatic heterocycles. The smallest absolute Gasteiger partial charge is 0.0372 e. The molecule has 412 valence electrons. The average molecular weight is 1070 g/mol. The number of aromatic nitrogens is 3. The second kappa shape index (κ2) is 29.4. The lowest BCUT2D eigenvalue weighted by Gasteiger charge is -2.21. The summed E-state index contributed by atoms with van der Waals surface area (Å²) in [4.78, 5) is 11.7. The van der Waals surface area contributed by atoms with Gasteiger partial charge in [0, 0.05) is 47.5 Å². The number of nitrogens with zero attached hydrogens (tertiary/aromatic N) is 3. The Morgan fingerprint density at radius 3 is 1.33 bits per heavy atom. The van der Waals surface area contributed by atoms with Gasteiger partial charge < -0.3 is 0 Å². The van der Waals surface area contributed by atoms with Crippen LogP contribution in [0.2, 0.25) is 0 Å². The van der Waals surface area contributed by atoms with Gasteiger partial charge in [-0.05, 0) is 168 Å². The molecule has 0 saturated heterocycles. The first-order valence-electron chi connectivity index (χ1n) is 28.5. The van der Waals surface area contributed by atoms with E-state index in [0.717, 1.165) is 5.69 Å². The SMILES string of the molecule is Cc1ccc2c(c1)-c1ccccc1C2(C)C.Cc1ccc2c(c1)C(C)(C)c1ccccc1-2.Cc1ccc2ccccc2c1.Cc1cccc2ccccc12.Cc1ccccc1.Cc1ccccn1.Cc1cccnc1.Cc1ccncc1. The van der Waals surface area contributed by atoms with Crippen molar-refractivity contribution in [2.75, 3.05) is 0 Å². The van der Waals surface area contributed by atoms with Gasteiger partial charge in [0.25, 0.3) is 0 Å². The van der Waals surface area contributed by atoms with Gasteiger partial charge in [0.2, 0.25) is 0 Å². The molecule has 2 aliphatic carbocycles. The maximum Gasteiger partial charge on any atom is 0.0372 e. The van der Waals surface area contributed by atoms with Crippen LogP contribution in [0.25, 0.3) is 43.8 Å². The lowest BCUT2D eigenvalue weighted by molar-refractivity contribution is 0.660. The van der Waals surface area contributed by atoms with Crippen LogP contribution in [0.5, 0.6) is 0 Å². The van der Waals surface area contributed by atoms with E-state index in [9.17, 15) is 0 Å². The van der Waals surface area contributed by atoms with Gasteiger partial charge in [-0.25, -0.2) is 0 Å². The molecule has 2 aliphatic rings. The van der Waals surface area contributed by atoms with Crippen molar-refractivity contribution in [2.24, 2.45) is 0 Å². The second-order valence-electron chi connectivity index (χ2n) is 22.3. The highest BCUT2D eigenvalue weighted by Crippen LogP contribution is 2.49. The van der Waals surface area contributed by atoms with Crippen molar-refractivity contribution < 1.29 is 0 Å². The summed E-state index contributed by atoms with van der Waals surface area (Å²) < 4.78 is 0. The Balaban J connectivity index is 0.000000138. The van der Waals surface area contributed by atoms with Crippen molar-refractivity contribution in [1.82, 2.24) is 15.0 Å². The Morgan fingerprint density at radius 1 is 0.268 bits per heavy atom. The summed E-state index contributed by atoms with van der Waals surface area (Å²) in [6.07, 6.45) is 8.97. The van der Waals surface area contributed by atoms with Crippen LogP contribution >= 0.6 is 0 Å². The normalized spacial score (nSPS) is 11.9. The van der Waals surface area contributed by atoms with Crippen molar-refractivity contribution in [3.63, 3.8) is 0 Å². The minimum absolute atomic E-state index is 0.151. The zero-order chi connectivity index (χ0) is 58.5. The molecule has 3 aromatic heterocycles. The van der Waals surface area contributed by atoms with Crippen LogP contribution in [0.1, 0.15) is 94.6 Å². The zero-order valence-corrected chi connectivity index (χ0v) is 50.3. The molecule has 0 fully saturated rings. The molecule has 0 N–H and O–H groups in total. The quantitative estimate of drug-likeness (QED) is 0.152. The summed E-state index contributed by atoms with van der Waals surface area (Å²) in [6.45, 7) is 26.0. The first kappa shape index (κ1) is 60.6. The van der Waals surface area contributed by atoms with Crippen LogP contribution in [0.15, 0.2) is 274 Å². The molecular formula is C79H81N3. The summed E-state index contributed by atoms with van der Waals surface area (Å²) in [5.74, 6) is 0. The molecule has 3 nitrogen and oxygen atoms in total. The Kier molecular flexibility index (Phi) is 21.7. The Labute approximate surface area is 490 Å². The van der Waals surface area contributed by atoms with Crippen molar-refractivity contribution >= 4 is 21.5 Å². The summed E-state index contributed by atoms with van der Waals surface area (Å²) in [7, 11) is 0. The Hall–Kier alpha value is -9.05. The van der Waals surface area contributed by atoms with Crippen LogP contribution in [0.3, 0.4) is 0 Å². The van der Waals surface area contributed by atoms with Crippen LogP contribution < -0.4 is 0 Å². The van der Waals surface area contributed by atoms with Crippen LogP contribution in [-0.4, -0.2) is 15.0 Å². The van der Waals surface area contributed by atoms with Gasteiger partial charge in [-0.3, -0.25) is 15.0 Å². The number of hydrogen-bond acceptors (Lipinski definition) is 3. The van der Waals surface area contributed by atoms with Crippen molar-refractivity contribution in [2.45, 2.75) is 93.9 Å². The number of rotatable bonds is 0. The molecule has 3 heteroatoms. The number of hydrogen-bond donors (Lipinski definition) is 0. The molecule has 0 saturated carbocycles. The molecule has 0 unspecified atom stereocenters. The molecule has 0 amide bonds. The molecule has 0 bridgehead atoms. The van der Waals surface area contributed by atoms with Gasteiger partial charge in [0.15, 0.2) is 0 Å². The molecule has 0 spiro atoms. The summed E-state index contributed by atoms with van der Waals surface area (Å²) in [5.41, 5.74) is 22.0. The zero-order valence-electron chi connectivity index (χ0n) is 50.3. The summed E-state index contributed by atoms with van der Waals surface area (Å²) in [6, 6.07) is 84.9. The van der Waals surface area contributed by atoms with Gasteiger partial charge in [-0.2, -0.15) is 0 Å². The average Bonchev–Trinajstić information content (AvgIpc) is 4.12. The lowest BCUT2D eigenvalue weighted by Crippen LogP contribution is -2.14. The largest absolute Gasteiger partial charge is 0.265 e. The van der Waals surface area contributed by atoms with E-state index in [1.165, 1.54) is 105 Å². The highest BCUT2D eigenvalue weighted by atomic mass is 14.6. The third-order valence-electron chi connectivity index (χ3n) is 14.8. The van der Waals surface area contributed by atoms with E-state index in [2.05, 4.69) is 259 Å². The van der Waals surface area contributed by atoms with Crippen molar-refractivity contribution in [1.29, 1.82) is 0 Å². The predicted molar refractivity (Wildman–Crippen MR) is 353 cm³/mol. The maximum atomic E-state index is 3.98. The van der Waals surface area contributed by atoms with Gasteiger partial charge >= 0.3 is 0 Å². The third kappa shape index (κ3) is 16.8. The molecule has 14 rings (SSSR count). The van der Waals surface area contributed by atoms with Crippen LogP contribution in [0.4, 0.5) is 0 Å². The molecule has 3 heterocycles. The fourth-order valence-electron chi connectivity index (χ4n) is 10.2. The fourth-order valence-corrected chi connectivity index (χ4v) is 10.2. The highest BCUT2D eigenvalue weighted by Gasteiger charge is 2.35. The third-order valence-corrected chi connectivity index (χ3v) is 14.8. The first-order valence-corrected chi connectivity index (χ1v) is 28.5. The number of benzene rings is 9. The van der Waals surface area contributed by atoms with E-state index < -0.39 is 0 Å². The van der Waals surface area contributed by atoms with E-state index in [1.807, 2.05) is 87.6 Å².